The molecule has 0 saturated carbocycles. The number of hydrogen-bond acceptors (Lipinski definition) is 3. The maximum atomic E-state index is 12.3. The minimum atomic E-state index is -2.90. The van der Waals surface area contributed by atoms with Crippen molar-refractivity contribution in [3.63, 3.8) is 0 Å². The molecule has 3 aromatic carbocycles. The molecule has 0 spiro atoms. The van der Waals surface area contributed by atoms with Gasteiger partial charge in [0.2, 0.25) is 0 Å². The van der Waals surface area contributed by atoms with Crippen LogP contribution < -0.4 is 15.4 Å². The number of rotatable bonds is 6. The fourth-order valence-corrected chi connectivity index (χ4v) is 2.42. The standard InChI is InChI=1S/C21H16F2N2O3/c22-21(23)28-18-12-10-17(11-13-18)25-20(27)15-6-8-16(9-7-15)24-19(26)14-4-2-1-3-5-14/h1-13,21H,(H,24,26)(H,25,27). The van der Waals surface area contributed by atoms with E-state index in [4.69, 9.17) is 0 Å². The van der Waals surface area contributed by atoms with Gasteiger partial charge in [-0.1, -0.05) is 18.2 Å². The van der Waals surface area contributed by atoms with E-state index in [2.05, 4.69) is 15.4 Å². The van der Waals surface area contributed by atoms with E-state index in [-0.39, 0.29) is 17.6 Å². The largest absolute Gasteiger partial charge is 0.435 e. The molecule has 0 aromatic heterocycles. The van der Waals surface area contributed by atoms with E-state index in [1.807, 2.05) is 6.07 Å². The SMILES string of the molecule is O=C(Nc1ccc(C(=O)Nc2ccc(OC(F)F)cc2)cc1)c1ccccc1. The number of carbonyl (C=O) groups is 2. The first-order valence-electron chi connectivity index (χ1n) is 8.34. The van der Waals surface area contributed by atoms with Crippen LogP contribution >= 0.6 is 0 Å². The fraction of sp³-hybridized carbons (Fsp3) is 0.0476. The first-order chi connectivity index (χ1) is 13.5. The lowest BCUT2D eigenvalue weighted by molar-refractivity contribution is -0.0498. The summed E-state index contributed by atoms with van der Waals surface area (Å²) in [7, 11) is 0. The van der Waals surface area contributed by atoms with Gasteiger partial charge in [0.1, 0.15) is 5.75 Å². The number of hydrogen-bond donors (Lipinski definition) is 2. The highest BCUT2D eigenvalue weighted by Gasteiger charge is 2.09. The molecule has 2 N–H and O–H groups in total. The number of nitrogens with one attached hydrogen (secondary N) is 2. The van der Waals surface area contributed by atoms with Crippen LogP contribution in [0.4, 0.5) is 20.2 Å². The first-order valence-corrected chi connectivity index (χ1v) is 8.34. The highest BCUT2D eigenvalue weighted by Crippen LogP contribution is 2.19. The molecule has 0 aliphatic heterocycles. The molecule has 0 heterocycles. The van der Waals surface area contributed by atoms with Gasteiger partial charge >= 0.3 is 6.61 Å². The molecular weight excluding hydrogens is 366 g/mol. The molecule has 0 fully saturated rings. The molecule has 0 aliphatic rings. The summed E-state index contributed by atoms with van der Waals surface area (Å²) < 4.78 is 28.5. The van der Waals surface area contributed by atoms with E-state index < -0.39 is 6.61 Å². The zero-order valence-electron chi connectivity index (χ0n) is 14.6. The van der Waals surface area contributed by atoms with Crippen molar-refractivity contribution in [2.45, 2.75) is 6.61 Å². The Morgan fingerprint density at radius 3 is 1.64 bits per heavy atom. The van der Waals surface area contributed by atoms with Crippen LogP contribution in [0.15, 0.2) is 78.9 Å². The van der Waals surface area contributed by atoms with Gasteiger partial charge in [0.15, 0.2) is 0 Å². The predicted molar refractivity (Wildman–Crippen MR) is 102 cm³/mol. The highest BCUT2D eigenvalue weighted by molar-refractivity contribution is 6.06. The smallest absolute Gasteiger partial charge is 0.387 e. The molecule has 28 heavy (non-hydrogen) atoms. The van der Waals surface area contributed by atoms with Gasteiger partial charge < -0.3 is 15.4 Å². The van der Waals surface area contributed by atoms with Crippen LogP contribution in [0.25, 0.3) is 0 Å². The predicted octanol–water partition coefficient (Wildman–Crippen LogP) is 4.79. The summed E-state index contributed by atoms with van der Waals surface area (Å²) in [6.45, 7) is -2.90. The minimum Gasteiger partial charge on any atom is -0.435 e. The molecule has 0 saturated heterocycles. The third-order valence-corrected chi connectivity index (χ3v) is 3.78. The second-order valence-electron chi connectivity index (χ2n) is 5.75. The van der Waals surface area contributed by atoms with Crippen molar-refractivity contribution < 1.29 is 23.1 Å². The van der Waals surface area contributed by atoms with Gasteiger partial charge in [-0.2, -0.15) is 8.78 Å². The molecule has 3 rings (SSSR count). The average Bonchev–Trinajstić information content (AvgIpc) is 2.70. The molecule has 7 heteroatoms. The van der Waals surface area contributed by atoms with E-state index >= 15 is 0 Å². The zero-order valence-corrected chi connectivity index (χ0v) is 14.6. The average molecular weight is 382 g/mol. The van der Waals surface area contributed by atoms with E-state index in [1.54, 1.807) is 48.5 Å². The summed E-state index contributed by atoms with van der Waals surface area (Å²) >= 11 is 0. The lowest BCUT2D eigenvalue weighted by atomic mass is 10.1. The van der Waals surface area contributed by atoms with Crippen LogP contribution in [0.1, 0.15) is 20.7 Å². The molecule has 0 unspecified atom stereocenters. The van der Waals surface area contributed by atoms with Crippen molar-refractivity contribution in [2.75, 3.05) is 10.6 Å². The summed E-state index contributed by atoms with van der Waals surface area (Å²) in [4.78, 5) is 24.4. The zero-order chi connectivity index (χ0) is 19.9. The number of alkyl halides is 2. The number of amides is 2. The number of halogens is 2. The normalized spacial score (nSPS) is 10.4. The van der Waals surface area contributed by atoms with Crippen molar-refractivity contribution >= 4 is 23.2 Å². The third kappa shape index (κ3) is 5.14. The molecular formula is C21H16F2N2O3. The number of ether oxygens (including phenoxy) is 1. The summed E-state index contributed by atoms with van der Waals surface area (Å²) in [5.41, 5.74) is 1.90. The van der Waals surface area contributed by atoms with Gasteiger partial charge in [0.05, 0.1) is 0 Å². The van der Waals surface area contributed by atoms with Crippen molar-refractivity contribution in [3.05, 3.63) is 90.0 Å². The van der Waals surface area contributed by atoms with E-state index in [0.29, 0.717) is 22.5 Å². The Labute approximate surface area is 160 Å². The second-order valence-corrected chi connectivity index (χ2v) is 5.75. The number of benzene rings is 3. The Balaban J connectivity index is 1.59. The Morgan fingerprint density at radius 2 is 1.14 bits per heavy atom. The first kappa shape index (κ1) is 19.0. The van der Waals surface area contributed by atoms with Crippen molar-refractivity contribution in [3.8, 4) is 5.75 Å². The summed E-state index contributed by atoms with van der Waals surface area (Å²) in [6.07, 6.45) is 0. The molecule has 0 aliphatic carbocycles. The molecule has 5 nitrogen and oxygen atoms in total. The lowest BCUT2D eigenvalue weighted by Crippen LogP contribution is -2.13. The van der Waals surface area contributed by atoms with Gasteiger partial charge in [-0.05, 0) is 60.7 Å². The van der Waals surface area contributed by atoms with Crippen LogP contribution in [-0.2, 0) is 0 Å². The summed E-state index contributed by atoms with van der Waals surface area (Å²) in [5.74, 6) is -0.612. The quantitative estimate of drug-likeness (QED) is 0.644. The van der Waals surface area contributed by atoms with Crippen LogP contribution in [0.5, 0.6) is 5.75 Å². The Kier molecular flexibility index (Phi) is 5.96. The molecule has 0 atom stereocenters. The van der Waals surface area contributed by atoms with E-state index in [0.717, 1.165) is 0 Å². The van der Waals surface area contributed by atoms with Crippen molar-refractivity contribution in [1.82, 2.24) is 0 Å². The van der Waals surface area contributed by atoms with E-state index in [1.165, 1.54) is 24.3 Å². The molecule has 142 valence electrons. The minimum absolute atomic E-state index is 0.00603. The monoisotopic (exact) mass is 382 g/mol. The molecule has 2 amide bonds. The second kappa shape index (κ2) is 8.77. The van der Waals surface area contributed by atoms with Gasteiger partial charge in [-0.25, -0.2) is 0 Å². The van der Waals surface area contributed by atoms with Crippen LogP contribution in [0.3, 0.4) is 0 Å². The maximum Gasteiger partial charge on any atom is 0.387 e. The number of anilines is 2. The van der Waals surface area contributed by atoms with Gasteiger partial charge in [-0.15, -0.1) is 0 Å². The lowest BCUT2D eigenvalue weighted by Gasteiger charge is -2.09. The van der Waals surface area contributed by atoms with Crippen LogP contribution in [0.2, 0.25) is 0 Å². The van der Waals surface area contributed by atoms with Crippen molar-refractivity contribution in [2.24, 2.45) is 0 Å². The number of carbonyl (C=O) groups excluding carboxylic acids is 2. The third-order valence-electron chi connectivity index (χ3n) is 3.78. The van der Waals surface area contributed by atoms with Crippen LogP contribution in [-0.4, -0.2) is 18.4 Å². The van der Waals surface area contributed by atoms with Gasteiger partial charge in [-0.3, -0.25) is 9.59 Å². The summed E-state index contributed by atoms with van der Waals surface area (Å²) in [5, 5.41) is 5.41. The van der Waals surface area contributed by atoms with Crippen molar-refractivity contribution in [1.29, 1.82) is 0 Å². The maximum absolute atomic E-state index is 12.3. The summed E-state index contributed by atoms with van der Waals surface area (Å²) in [6, 6.07) is 20.8. The topological polar surface area (TPSA) is 67.4 Å². The molecule has 0 radical (unpaired) electrons. The Bertz CT molecular complexity index is 944. The van der Waals surface area contributed by atoms with Crippen LogP contribution in [0, 0.1) is 0 Å². The van der Waals surface area contributed by atoms with Gasteiger partial charge in [0.25, 0.3) is 11.8 Å². The highest BCUT2D eigenvalue weighted by atomic mass is 19.3. The fourth-order valence-electron chi connectivity index (χ4n) is 2.42. The Morgan fingerprint density at radius 1 is 0.679 bits per heavy atom. The van der Waals surface area contributed by atoms with E-state index in [9.17, 15) is 18.4 Å². The molecule has 0 bridgehead atoms. The van der Waals surface area contributed by atoms with Gasteiger partial charge in [0, 0.05) is 22.5 Å². The molecule has 3 aromatic rings. The Hall–Kier alpha value is -3.74.